The number of aryl methyl sites for hydroxylation is 1. The van der Waals surface area contributed by atoms with Crippen molar-refractivity contribution in [2.75, 3.05) is 13.2 Å². The SMILES string of the molecule is CC.CCCc1cc(Cl)cc(-c2cc(C3(C)COCC(N)=N3)ccc2F)c1. The first-order valence-electron chi connectivity index (χ1n) is 9.43. The summed E-state index contributed by atoms with van der Waals surface area (Å²) in [6.07, 6.45) is 1.91. The third-order valence-corrected chi connectivity index (χ3v) is 4.64. The van der Waals surface area contributed by atoms with Crippen molar-refractivity contribution >= 4 is 17.4 Å². The van der Waals surface area contributed by atoms with Gasteiger partial charge in [-0.25, -0.2) is 4.39 Å². The lowest BCUT2D eigenvalue weighted by atomic mass is 9.89. The van der Waals surface area contributed by atoms with Gasteiger partial charge in [-0.1, -0.05) is 50.9 Å². The molecular formula is C22H28ClFN2O. The molecule has 2 aromatic carbocycles. The van der Waals surface area contributed by atoms with E-state index < -0.39 is 5.54 Å². The summed E-state index contributed by atoms with van der Waals surface area (Å²) in [7, 11) is 0. The summed E-state index contributed by atoms with van der Waals surface area (Å²) in [5, 5.41) is 0.611. The Morgan fingerprint density at radius 3 is 2.63 bits per heavy atom. The van der Waals surface area contributed by atoms with Gasteiger partial charge >= 0.3 is 0 Å². The number of aliphatic imine (C=N–C) groups is 1. The van der Waals surface area contributed by atoms with E-state index in [1.165, 1.54) is 6.07 Å². The van der Waals surface area contributed by atoms with E-state index in [4.69, 9.17) is 22.1 Å². The van der Waals surface area contributed by atoms with Crippen molar-refractivity contribution in [3.8, 4) is 11.1 Å². The Hall–Kier alpha value is -1.91. The molecule has 3 nitrogen and oxygen atoms in total. The molecule has 0 aromatic heterocycles. The van der Waals surface area contributed by atoms with Gasteiger partial charge in [0.1, 0.15) is 23.8 Å². The van der Waals surface area contributed by atoms with E-state index in [0.29, 0.717) is 29.6 Å². The van der Waals surface area contributed by atoms with Crippen molar-refractivity contribution in [1.29, 1.82) is 0 Å². The highest BCUT2D eigenvalue weighted by Crippen LogP contribution is 2.34. The molecule has 5 heteroatoms. The highest BCUT2D eigenvalue weighted by molar-refractivity contribution is 6.31. The summed E-state index contributed by atoms with van der Waals surface area (Å²) in [6.45, 7) is 8.79. The van der Waals surface area contributed by atoms with Crippen LogP contribution in [0.25, 0.3) is 11.1 Å². The summed E-state index contributed by atoms with van der Waals surface area (Å²) < 4.78 is 20.1. The monoisotopic (exact) mass is 390 g/mol. The summed E-state index contributed by atoms with van der Waals surface area (Å²) in [4.78, 5) is 4.53. The van der Waals surface area contributed by atoms with Crippen molar-refractivity contribution in [2.45, 2.75) is 46.1 Å². The first-order chi connectivity index (χ1) is 12.9. The molecule has 27 heavy (non-hydrogen) atoms. The zero-order chi connectivity index (χ0) is 20.0. The normalized spacial score (nSPS) is 19.1. The summed E-state index contributed by atoms with van der Waals surface area (Å²) >= 11 is 6.24. The topological polar surface area (TPSA) is 47.6 Å². The minimum Gasteiger partial charge on any atom is -0.386 e. The fraction of sp³-hybridized carbons (Fsp3) is 0.409. The number of benzene rings is 2. The molecule has 1 atom stereocenters. The standard InChI is InChI=1S/C20H22ClFN2O.C2H6/c1-3-4-13-7-14(9-16(21)8-13)17-10-15(5-6-18(17)22)20(2)12-25-11-19(23)24-20;1-2/h5-10H,3-4,11-12H2,1-2H3,(H2,23,24);1-2H3. The van der Waals surface area contributed by atoms with Crippen molar-refractivity contribution in [1.82, 2.24) is 0 Å². The molecule has 0 radical (unpaired) electrons. The van der Waals surface area contributed by atoms with Crippen LogP contribution in [0.2, 0.25) is 5.02 Å². The van der Waals surface area contributed by atoms with Crippen LogP contribution in [-0.2, 0) is 16.7 Å². The third kappa shape index (κ3) is 5.08. The van der Waals surface area contributed by atoms with E-state index >= 15 is 0 Å². The average molecular weight is 391 g/mol. The van der Waals surface area contributed by atoms with Crippen molar-refractivity contribution in [3.63, 3.8) is 0 Å². The zero-order valence-corrected chi connectivity index (χ0v) is 17.2. The van der Waals surface area contributed by atoms with Gasteiger partial charge in [0.25, 0.3) is 0 Å². The molecule has 2 N–H and O–H groups in total. The van der Waals surface area contributed by atoms with E-state index in [0.717, 1.165) is 29.5 Å². The van der Waals surface area contributed by atoms with Crippen LogP contribution in [0.15, 0.2) is 41.4 Å². The predicted octanol–water partition coefficient (Wildman–Crippen LogP) is 5.73. The fourth-order valence-electron chi connectivity index (χ4n) is 3.20. The van der Waals surface area contributed by atoms with Crippen LogP contribution in [0.5, 0.6) is 0 Å². The Bertz CT molecular complexity index is 822. The van der Waals surface area contributed by atoms with Gasteiger partial charge in [-0.3, -0.25) is 4.99 Å². The van der Waals surface area contributed by atoms with E-state index in [1.54, 1.807) is 12.1 Å². The number of amidine groups is 1. The Labute approximate surface area is 166 Å². The van der Waals surface area contributed by atoms with E-state index in [1.807, 2.05) is 39.0 Å². The van der Waals surface area contributed by atoms with Gasteiger partial charge in [0.05, 0.1) is 6.61 Å². The Morgan fingerprint density at radius 2 is 1.96 bits per heavy atom. The number of halogens is 2. The molecule has 0 spiro atoms. The smallest absolute Gasteiger partial charge is 0.131 e. The third-order valence-electron chi connectivity index (χ3n) is 4.42. The van der Waals surface area contributed by atoms with Crippen LogP contribution in [0, 0.1) is 5.82 Å². The predicted molar refractivity (Wildman–Crippen MR) is 112 cm³/mol. The molecule has 1 aliphatic heterocycles. The number of nitrogens with zero attached hydrogens (tertiary/aromatic N) is 1. The maximum Gasteiger partial charge on any atom is 0.131 e. The molecule has 3 rings (SSSR count). The Balaban J connectivity index is 0.00000126. The van der Waals surface area contributed by atoms with Crippen molar-refractivity contribution < 1.29 is 9.13 Å². The summed E-state index contributed by atoms with van der Waals surface area (Å²) in [6, 6.07) is 10.7. The zero-order valence-electron chi connectivity index (χ0n) is 16.5. The van der Waals surface area contributed by atoms with E-state index in [-0.39, 0.29) is 5.82 Å². The number of nitrogens with two attached hydrogens (primary N) is 1. The molecular weight excluding hydrogens is 363 g/mol. The van der Waals surface area contributed by atoms with Crippen molar-refractivity contribution in [2.24, 2.45) is 10.7 Å². The van der Waals surface area contributed by atoms with Crippen LogP contribution in [0.1, 0.15) is 45.2 Å². The highest BCUT2D eigenvalue weighted by Gasteiger charge is 2.30. The molecule has 0 aliphatic carbocycles. The van der Waals surface area contributed by atoms with Gasteiger partial charge in [0, 0.05) is 10.6 Å². The number of hydrogen-bond acceptors (Lipinski definition) is 3. The van der Waals surface area contributed by atoms with Crippen LogP contribution in [0.3, 0.4) is 0 Å². The molecule has 0 bridgehead atoms. The quantitative estimate of drug-likeness (QED) is 0.724. The van der Waals surface area contributed by atoms with Gasteiger partial charge in [0.15, 0.2) is 0 Å². The molecule has 146 valence electrons. The molecule has 2 aromatic rings. The van der Waals surface area contributed by atoms with Crippen LogP contribution in [0.4, 0.5) is 4.39 Å². The van der Waals surface area contributed by atoms with Gasteiger partial charge in [0.2, 0.25) is 0 Å². The maximum atomic E-state index is 14.5. The molecule has 0 fully saturated rings. The summed E-state index contributed by atoms with van der Waals surface area (Å²) in [5.41, 5.74) is 8.47. The molecule has 1 unspecified atom stereocenters. The maximum absolute atomic E-state index is 14.5. The average Bonchev–Trinajstić information content (AvgIpc) is 2.63. The lowest BCUT2D eigenvalue weighted by molar-refractivity contribution is 0.106. The lowest BCUT2D eigenvalue weighted by Gasteiger charge is -2.30. The molecule has 1 heterocycles. The Morgan fingerprint density at radius 1 is 1.22 bits per heavy atom. The lowest BCUT2D eigenvalue weighted by Crippen LogP contribution is -2.37. The van der Waals surface area contributed by atoms with Gasteiger partial charge in [-0.05, 0) is 54.3 Å². The van der Waals surface area contributed by atoms with Crippen LogP contribution >= 0.6 is 11.6 Å². The number of hydrogen-bond donors (Lipinski definition) is 1. The number of rotatable bonds is 4. The first-order valence-corrected chi connectivity index (χ1v) is 9.81. The molecule has 1 aliphatic rings. The molecule has 0 amide bonds. The minimum absolute atomic E-state index is 0.286. The van der Waals surface area contributed by atoms with E-state index in [9.17, 15) is 4.39 Å². The van der Waals surface area contributed by atoms with Crippen LogP contribution in [-0.4, -0.2) is 19.0 Å². The molecule has 0 saturated heterocycles. The van der Waals surface area contributed by atoms with Gasteiger partial charge < -0.3 is 10.5 Å². The van der Waals surface area contributed by atoms with Crippen molar-refractivity contribution in [3.05, 3.63) is 58.4 Å². The van der Waals surface area contributed by atoms with Crippen LogP contribution < -0.4 is 5.73 Å². The fourth-order valence-corrected chi connectivity index (χ4v) is 3.46. The second-order valence-corrected chi connectivity index (χ2v) is 7.10. The minimum atomic E-state index is -0.615. The first kappa shape index (κ1) is 21.4. The van der Waals surface area contributed by atoms with Gasteiger partial charge in [-0.15, -0.1) is 0 Å². The van der Waals surface area contributed by atoms with Gasteiger partial charge in [-0.2, -0.15) is 0 Å². The number of ether oxygens (including phenoxy) is 1. The Kier molecular flexibility index (Phi) is 7.40. The molecule has 0 saturated carbocycles. The second kappa shape index (κ2) is 9.34. The van der Waals surface area contributed by atoms with E-state index in [2.05, 4.69) is 11.9 Å². The second-order valence-electron chi connectivity index (χ2n) is 6.66. The highest BCUT2D eigenvalue weighted by atomic mass is 35.5. The largest absolute Gasteiger partial charge is 0.386 e. The summed E-state index contributed by atoms with van der Waals surface area (Å²) in [5.74, 6) is 0.165.